The van der Waals surface area contributed by atoms with Gasteiger partial charge in [0.2, 0.25) is 5.91 Å². The zero-order valence-corrected chi connectivity index (χ0v) is 23.5. The summed E-state index contributed by atoms with van der Waals surface area (Å²) in [6, 6.07) is -0.239. The maximum atomic E-state index is 14.3. The van der Waals surface area contributed by atoms with Crippen molar-refractivity contribution in [3.05, 3.63) is 0 Å². The number of urea groups is 1. The molecular formula is C23H48N2O2Si2. The molecule has 1 fully saturated rings. The Hall–Kier alpha value is -0.626. The van der Waals surface area contributed by atoms with Gasteiger partial charge < -0.3 is 4.57 Å². The summed E-state index contributed by atoms with van der Waals surface area (Å²) in [6.45, 7) is 29.1. The van der Waals surface area contributed by atoms with Gasteiger partial charge in [0.25, 0.3) is 0 Å². The maximum Gasteiger partial charge on any atom is 0.311 e. The third kappa shape index (κ3) is 3.66. The molecule has 0 bridgehead atoms. The third-order valence-electron chi connectivity index (χ3n) is 7.95. The fourth-order valence-electron chi connectivity index (χ4n) is 7.35. The Morgan fingerprint density at radius 2 is 0.966 bits per heavy atom. The fraction of sp³-hybridized carbons (Fsp3) is 0.913. The molecule has 0 N–H and O–H groups in total. The van der Waals surface area contributed by atoms with Crippen LogP contribution in [0.15, 0.2) is 0 Å². The van der Waals surface area contributed by atoms with E-state index in [0.29, 0.717) is 39.7 Å². The molecule has 4 nitrogen and oxygen atoms in total. The lowest BCUT2D eigenvalue weighted by Crippen LogP contribution is -2.66. The zero-order valence-electron chi connectivity index (χ0n) is 21.5. The number of imide groups is 1. The van der Waals surface area contributed by atoms with E-state index >= 15 is 0 Å². The van der Waals surface area contributed by atoms with Crippen LogP contribution in [0.5, 0.6) is 0 Å². The standard InChI is InChI=1S/C23H48N2O2Si2/c1-14-21-22(26)25(29(18(8)9,19(10)11)20(12)13)23(27)24(21)28(15(2)3,16(4)5)17(6)7/h15-21H,14H2,1-13H3. The largest absolute Gasteiger partial charge is 0.340 e. The van der Waals surface area contributed by atoms with Crippen LogP contribution in [-0.2, 0) is 4.79 Å². The van der Waals surface area contributed by atoms with Crippen molar-refractivity contribution in [3.63, 3.8) is 0 Å². The lowest BCUT2D eigenvalue weighted by Gasteiger charge is -2.52. The lowest BCUT2D eigenvalue weighted by molar-refractivity contribution is -0.125. The van der Waals surface area contributed by atoms with E-state index in [9.17, 15) is 9.59 Å². The molecule has 0 aromatic rings. The van der Waals surface area contributed by atoms with E-state index in [-0.39, 0.29) is 18.0 Å². The number of hydrogen-bond donors (Lipinski definition) is 0. The van der Waals surface area contributed by atoms with Crippen LogP contribution in [-0.4, -0.2) is 43.6 Å². The van der Waals surface area contributed by atoms with Gasteiger partial charge in [0.1, 0.15) is 6.04 Å². The van der Waals surface area contributed by atoms with Crippen molar-refractivity contribution in [2.24, 2.45) is 0 Å². The number of hydrogen-bond acceptors (Lipinski definition) is 2. The second-order valence-corrected chi connectivity index (χ2v) is 22.4. The zero-order chi connectivity index (χ0) is 23.1. The lowest BCUT2D eigenvalue weighted by atomic mass is 10.2. The molecule has 0 spiro atoms. The molecule has 1 unspecified atom stereocenters. The summed E-state index contributed by atoms with van der Waals surface area (Å²) in [7, 11) is -4.65. The van der Waals surface area contributed by atoms with Gasteiger partial charge in [0, 0.05) is 0 Å². The summed E-state index contributed by atoms with van der Waals surface area (Å²) >= 11 is 0. The predicted octanol–water partition coefficient (Wildman–Crippen LogP) is 7.38. The van der Waals surface area contributed by atoms with Crippen LogP contribution < -0.4 is 0 Å². The third-order valence-corrected chi connectivity index (χ3v) is 21.6. The van der Waals surface area contributed by atoms with Gasteiger partial charge in [-0.3, -0.25) is 9.36 Å². The Morgan fingerprint density at radius 3 is 1.21 bits per heavy atom. The Morgan fingerprint density at radius 1 is 0.655 bits per heavy atom. The number of carbonyl (C=O) groups excluding carboxylic acids is 2. The summed E-state index contributed by atoms with van der Waals surface area (Å²) in [4.78, 5) is 28.3. The van der Waals surface area contributed by atoms with Gasteiger partial charge in [-0.05, 0) is 39.7 Å². The van der Waals surface area contributed by atoms with Crippen molar-refractivity contribution in [2.75, 3.05) is 0 Å². The molecule has 170 valence electrons. The second-order valence-electron chi connectivity index (χ2n) is 11.0. The Balaban J connectivity index is 3.85. The Bertz CT molecular complexity index is 556. The minimum atomic E-state index is -2.39. The number of rotatable bonds is 9. The first-order chi connectivity index (χ1) is 13.2. The maximum absolute atomic E-state index is 14.3. The quantitative estimate of drug-likeness (QED) is 0.277. The number of nitrogens with zero attached hydrogens (tertiary/aromatic N) is 2. The van der Waals surface area contributed by atoms with Gasteiger partial charge in [0.15, 0.2) is 16.5 Å². The van der Waals surface area contributed by atoms with Crippen molar-refractivity contribution in [3.8, 4) is 0 Å². The van der Waals surface area contributed by atoms with E-state index in [1.54, 1.807) is 0 Å². The smallest absolute Gasteiger partial charge is 0.311 e. The van der Waals surface area contributed by atoms with Crippen LogP contribution in [0.4, 0.5) is 4.79 Å². The van der Waals surface area contributed by atoms with E-state index in [0.717, 1.165) is 0 Å². The van der Waals surface area contributed by atoms with E-state index < -0.39 is 16.5 Å². The molecule has 1 aliphatic rings. The minimum Gasteiger partial charge on any atom is -0.340 e. The van der Waals surface area contributed by atoms with E-state index in [2.05, 4.69) is 94.6 Å². The average Bonchev–Trinajstić information content (AvgIpc) is 2.79. The monoisotopic (exact) mass is 440 g/mol. The van der Waals surface area contributed by atoms with Crippen molar-refractivity contribution in [1.82, 2.24) is 9.13 Å². The van der Waals surface area contributed by atoms with Crippen LogP contribution in [0, 0.1) is 0 Å². The SMILES string of the molecule is CCC1C(=O)N([Si](C(C)C)(C(C)C)C(C)C)C(=O)N1[Si](C(C)C)(C(C)C)C(C)C. The molecular weight excluding hydrogens is 392 g/mol. The van der Waals surface area contributed by atoms with Gasteiger partial charge in [-0.25, -0.2) is 4.79 Å². The summed E-state index contributed by atoms with van der Waals surface area (Å²) in [5, 5.41) is 0. The van der Waals surface area contributed by atoms with Crippen molar-refractivity contribution < 1.29 is 9.59 Å². The Labute approximate surface area is 183 Å². The van der Waals surface area contributed by atoms with Crippen LogP contribution in [0.2, 0.25) is 33.2 Å². The summed E-state index contributed by atoms with van der Waals surface area (Å²) in [6.07, 6.45) is 0.709. The molecule has 29 heavy (non-hydrogen) atoms. The predicted molar refractivity (Wildman–Crippen MR) is 130 cm³/mol. The molecule has 0 saturated carbocycles. The molecule has 1 aliphatic heterocycles. The van der Waals surface area contributed by atoms with Gasteiger partial charge in [-0.15, -0.1) is 0 Å². The molecule has 6 heteroatoms. The van der Waals surface area contributed by atoms with Gasteiger partial charge in [0.05, 0.1) is 0 Å². The first-order valence-corrected chi connectivity index (χ1v) is 16.2. The molecule has 3 amide bonds. The first kappa shape index (κ1) is 26.4. The highest BCUT2D eigenvalue weighted by atomic mass is 28.3. The molecule has 1 saturated heterocycles. The number of amides is 3. The molecule has 0 aromatic heterocycles. The van der Waals surface area contributed by atoms with Gasteiger partial charge in [-0.1, -0.05) is 90.0 Å². The van der Waals surface area contributed by atoms with E-state index in [1.807, 2.05) is 4.57 Å². The van der Waals surface area contributed by atoms with Crippen LogP contribution in [0.3, 0.4) is 0 Å². The Kier molecular flexibility index (Phi) is 8.42. The average molecular weight is 441 g/mol. The minimum absolute atomic E-state index is 0.0485. The highest BCUT2D eigenvalue weighted by Gasteiger charge is 2.64. The van der Waals surface area contributed by atoms with Crippen molar-refractivity contribution in [2.45, 2.75) is 136 Å². The normalized spacial score (nSPS) is 19.5. The topological polar surface area (TPSA) is 40.6 Å². The molecule has 0 aliphatic carbocycles. The molecule has 1 rings (SSSR count). The second kappa shape index (κ2) is 9.25. The van der Waals surface area contributed by atoms with Crippen LogP contribution in [0.25, 0.3) is 0 Å². The highest BCUT2D eigenvalue weighted by molar-refractivity contribution is 6.88. The highest BCUT2D eigenvalue weighted by Crippen LogP contribution is 2.51. The van der Waals surface area contributed by atoms with Crippen LogP contribution in [0.1, 0.15) is 96.4 Å². The number of carbonyl (C=O) groups is 2. The first-order valence-electron chi connectivity index (χ1n) is 11.8. The molecule has 0 radical (unpaired) electrons. The van der Waals surface area contributed by atoms with Crippen LogP contribution >= 0.6 is 0 Å². The molecule has 1 atom stereocenters. The fourth-order valence-corrected chi connectivity index (χ4v) is 20.9. The summed E-state index contributed by atoms with van der Waals surface area (Å²) < 4.78 is 4.06. The van der Waals surface area contributed by atoms with Gasteiger partial charge >= 0.3 is 6.03 Å². The summed E-state index contributed by atoms with van der Waals surface area (Å²) in [5.74, 6) is 0.0964. The molecule has 0 aromatic carbocycles. The van der Waals surface area contributed by atoms with Crippen molar-refractivity contribution >= 4 is 28.4 Å². The van der Waals surface area contributed by atoms with E-state index in [4.69, 9.17) is 0 Å². The van der Waals surface area contributed by atoms with E-state index in [1.165, 1.54) is 0 Å². The molecule has 1 heterocycles. The van der Waals surface area contributed by atoms with Crippen molar-refractivity contribution in [1.29, 1.82) is 0 Å². The summed E-state index contributed by atoms with van der Waals surface area (Å²) in [5.41, 5.74) is 2.22. The van der Waals surface area contributed by atoms with Gasteiger partial charge in [-0.2, -0.15) is 0 Å².